The van der Waals surface area contributed by atoms with Gasteiger partial charge >= 0.3 is 0 Å². The van der Waals surface area contributed by atoms with Gasteiger partial charge in [-0.1, -0.05) is 35.3 Å². The lowest BCUT2D eigenvalue weighted by Gasteiger charge is -2.08. The molecule has 158 valence electrons. The van der Waals surface area contributed by atoms with Crippen LogP contribution in [-0.2, 0) is 0 Å². The fourth-order valence-electron chi connectivity index (χ4n) is 3.34. The van der Waals surface area contributed by atoms with Crippen LogP contribution in [0.3, 0.4) is 0 Å². The fourth-order valence-corrected chi connectivity index (χ4v) is 3.86. The number of hydrogen-bond donors (Lipinski definition) is 0. The smallest absolute Gasteiger partial charge is 0.144 e. The summed E-state index contributed by atoms with van der Waals surface area (Å²) in [6, 6.07) is 20.7. The van der Waals surface area contributed by atoms with E-state index >= 15 is 0 Å². The second-order valence-corrected chi connectivity index (χ2v) is 7.59. The van der Waals surface area contributed by atoms with Crippen LogP contribution >= 0.6 is 23.2 Å². The van der Waals surface area contributed by atoms with Gasteiger partial charge in [0.15, 0.2) is 0 Å². The van der Waals surface area contributed by atoms with Crippen LogP contribution < -0.4 is 14.2 Å². The summed E-state index contributed by atoms with van der Waals surface area (Å²) in [6.07, 6.45) is 0. The molecular formula is C25H20Cl2O4. The highest BCUT2D eigenvalue weighted by Crippen LogP contribution is 2.44. The van der Waals surface area contributed by atoms with Crippen molar-refractivity contribution in [2.24, 2.45) is 0 Å². The maximum absolute atomic E-state index is 6.57. The summed E-state index contributed by atoms with van der Waals surface area (Å²) < 4.78 is 22.2. The minimum absolute atomic E-state index is 0.524. The Morgan fingerprint density at radius 2 is 1.10 bits per heavy atom. The third-order valence-electron chi connectivity index (χ3n) is 5.00. The van der Waals surface area contributed by atoms with Crippen molar-refractivity contribution in [3.63, 3.8) is 0 Å². The van der Waals surface area contributed by atoms with Crippen LogP contribution in [0.5, 0.6) is 17.2 Å². The van der Waals surface area contributed by atoms with Crippen molar-refractivity contribution < 1.29 is 18.6 Å². The highest BCUT2D eigenvalue weighted by atomic mass is 35.5. The first-order chi connectivity index (χ1) is 15.0. The number of rotatable bonds is 6. The zero-order valence-corrected chi connectivity index (χ0v) is 18.8. The van der Waals surface area contributed by atoms with E-state index in [2.05, 4.69) is 0 Å². The SMILES string of the molecule is COc1ccc(-c2cc(-c3ccc(OC)cc3Cl)oc2-c2ccc(OC)cc2Cl)cc1. The molecule has 3 aromatic carbocycles. The molecule has 0 aliphatic carbocycles. The monoisotopic (exact) mass is 454 g/mol. The van der Waals surface area contributed by atoms with E-state index in [0.717, 1.165) is 28.0 Å². The van der Waals surface area contributed by atoms with E-state index in [0.29, 0.717) is 33.1 Å². The number of methoxy groups -OCH3 is 3. The quantitative estimate of drug-likeness (QED) is 0.300. The molecule has 31 heavy (non-hydrogen) atoms. The van der Waals surface area contributed by atoms with Crippen LogP contribution in [0, 0.1) is 0 Å². The maximum Gasteiger partial charge on any atom is 0.144 e. The van der Waals surface area contributed by atoms with Gasteiger partial charge in [0.25, 0.3) is 0 Å². The van der Waals surface area contributed by atoms with Crippen LogP contribution in [-0.4, -0.2) is 21.3 Å². The van der Waals surface area contributed by atoms with Gasteiger partial charge in [0, 0.05) is 16.7 Å². The summed E-state index contributed by atoms with van der Waals surface area (Å²) in [7, 11) is 4.84. The topological polar surface area (TPSA) is 40.8 Å². The number of furan rings is 1. The van der Waals surface area contributed by atoms with E-state index in [1.807, 2.05) is 54.6 Å². The molecule has 0 saturated carbocycles. The van der Waals surface area contributed by atoms with E-state index in [1.165, 1.54) is 0 Å². The highest BCUT2D eigenvalue weighted by Gasteiger charge is 2.20. The van der Waals surface area contributed by atoms with E-state index in [1.54, 1.807) is 33.5 Å². The number of halogens is 2. The lowest BCUT2D eigenvalue weighted by atomic mass is 10.0. The Morgan fingerprint density at radius 1 is 0.581 bits per heavy atom. The zero-order chi connectivity index (χ0) is 22.0. The predicted molar refractivity (Wildman–Crippen MR) is 125 cm³/mol. The molecule has 0 radical (unpaired) electrons. The summed E-state index contributed by atoms with van der Waals surface area (Å²) >= 11 is 13.1. The second-order valence-electron chi connectivity index (χ2n) is 6.77. The Morgan fingerprint density at radius 3 is 1.61 bits per heavy atom. The molecule has 0 atom stereocenters. The lowest BCUT2D eigenvalue weighted by molar-refractivity contribution is 0.414. The summed E-state index contributed by atoms with van der Waals surface area (Å²) in [4.78, 5) is 0. The predicted octanol–water partition coefficient (Wildman–Crippen LogP) is 7.61. The van der Waals surface area contributed by atoms with Crippen molar-refractivity contribution in [3.05, 3.63) is 76.8 Å². The summed E-state index contributed by atoms with van der Waals surface area (Å²) in [5, 5.41) is 1.05. The van der Waals surface area contributed by atoms with Gasteiger partial charge in [0.05, 0.1) is 31.4 Å². The molecule has 0 amide bonds. The standard InChI is InChI=1S/C25H20Cl2O4/c1-28-16-6-4-15(5-7-16)21-14-24(19-10-8-17(29-2)12-22(19)26)31-25(21)20-11-9-18(30-3)13-23(20)27/h4-14H,1-3H3. The first-order valence-corrected chi connectivity index (χ1v) is 10.3. The average molecular weight is 455 g/mol. The minimum atomic E-state index is 0.524. The van der Waals surface area contributed by atoms with E-state index in [4.69, 9.17) is 41.8 Å². The first-order valence-electron chi connectivity index (χ1n) is 9.50. The van der Waals surface area contributed by atoms with Crippen molar-refractivity contribution in [1.82, 2.24) is 0 Å². The van der Waals surface area contributed by atoms with Crippen molar-refractivity contribution >= 4 is 23.2 Å². The molecule has 4 aromatic rings. The molecule has 0 aliphatic heterocycles. The molecule has 1 heterocycles. The van der Waals surface area contributed by atoms with Crippen molar-refractivity contribution in [2.75, 3.05) is 21.3 Å². The van der Waals surface area contributed by atoms with Gasteiger partial charge in [-0.2, -0.15) is 0 Å². The highest BCUT2D eigenvalue weighted by molar-refractivity contribution is 6.34. The Labute approximate surface area is 190 Å². The third kappa shape index (κ3) is 4.22. The Hall–Kier alpha value is -3.08. The first kappa shape index (κ1) is 21.2. The summed E-state index contributed by atoms with van der Waals surface area (Å²) in [5.41, 5.74) is 3.36. The van der Waals surface area contributed by atoms with E-state index in [9.17, 15) is 0 Å². The lowest BCUT2D eigenvalue weighted by Crippen LogP contribution is -1.86. The van der Waals surface area contributed by atoms with Crippen LogP contribution in [0.4, 0.5) is 0 Å². The normalized spacial score (nSPS) is 10.7. The molecule has 6 heteroatoms. The number of ether oxygens (including phenoxy) is 3. The zero-order valence-electron chi connectivity index (χ0n) is 17.2. The Bertz CT molecular complexity index is 1210. The molecule has 0 saturated heterocycles. The van der Waals surface area contributed by atoms with Gasteiger partial charge in [-0.05, 0) is 60.2 Å². The van der Waals surface area contributed by atoms with Crippen molar-refractivity contribution in [1.29, 1.82) is 0 Å². The van der Waals surface area contributed by atoms with Gasteiger partial charge in [0.2, 0.25) is 0 Å². The van der Waals surface area contributed by atoms with Crippen LogP contribution in [0.15, 0.2) is 71.1 Å². The van der Waals surface area contributed by atoms with Gasteiger partial charge in [0.1, 0.15) is 28.8 Å². The van der Waals surface area contributed by atoms with Gasteiger partial charge < -0.3 is 18.6 Å². The molecule has 4 rings (SSSR count). The molecule has 0 bridgehead atoms. The van der Waals surface area contributed by atoms with Crippen LogP contribution in [0.25, 0.3) is 33.8 Å². The van der Waals surface area contributed by atoms with Crippen molar-refractivity contribution in [3.8, 4) is 51.0 Å². The van der Waals surface area contributed by atoms with Gasteiger partial charge in [-0.25, -0.2) is 0 Å². The average Bonchev–Trinajstić information content (AvgIpc) is 3.23. The Kier molecular flexibility index (Phi) is 6.12. The molecule has 0 spiro atoms. The molecule has 1 aromatic heterocycles. The summed E-state index contributed by atoms with van der Waals surface area (Å²) in [5.74, 6) is 3.38. The fraction of sp³-hybridized carbons (Fsp3) is 0.120. The molecule has 0 unspecified atom stereocenters. The Balaban J connectivity index is 1.90. The molecular weight excluding hydrogens is 435 g/mol. The van der Waals surface area contributed by atoms with E-state index < -0.39 is 0 Å². The van der Waals surface area contributed by atoms with Crippen molar-refractivity contribution in [2.45, 2.75) is 0 Å². The molecule has 0 N–H and O–H groups in total. The molecule has 0 fully saturated rings. The summed E-state index contributed by atoms with van der Waals surface area (Å²) in [6.45, 7) is 0. The minimum Gasteiger partial charge on any atom is -0.497 e. The van der Waals surface area contributed by atoms with E-state index in [-0.39, 0.29) is 0 Å². The van der Waals surface area contributed by atoms with Gasteiger partial charge in [-0.3, -0.25) is 0 Å². The number of benzene rings is 3. The second kappa shape index (κ2) is 8.96. The number of hydrogen-bond acceptors (Lipinski definition) is 4. The van der Waals surface area contributed by atoms with Crippen LogP contribution in [0.1, 0.15) is 0 Å². The van der Waals surface area contributed by atoms with Gasteiger partial charge in [-0.15, -0.1) is 0 Å². The largest absolute Gasteiger partial charge is 0.497 e. The molecule has 0 aliphatic rings. The third-order valence-corrected chi connectivity index (χ3v) is 5.62. The van der Waals surface area contributed by atoms with Crippen LogP contribution in [0.2, 0.25) is 10.0 Å². The molecule has 4 nitrogen and oxygen atoms in total. The maximum atomic E-state index is 6.57.